The second-order valence-corrected chi connectivity index (χ2v) is 3.15. The summed E-state index contributed by atoms with van der Waals surface area (Å²) < 4.78 is 7.07. The number of rotatable bonds is 3. The molecule has 0 aliphatic heterocycles. The standard InChI is InChI=1S/C10H13N3O/c1-3-4-8-7-13-6-5-11-10(14-2)9(13)12-8/h5-7H,3-4H2,1-2H3. The molecule has 0 saturated carbocycles. The molecular formula is C10H13N3O. The third-order valence-electron chi connectivity index (χ3n) is 2.09. The van der Waals surface area contributed by atoms with Crippen molar-refractivity contribution in [2.45, 2.75) is 19.8 Å². The highest BCUT2D eigenvalue weighted by Crippen LogP contribution is 2.15. The number of aromatic nitrogens is 3. The molecule has 0 unspecified atom stereocenters. The van der Waals surface area contributed by atoms with Gasteiger partial charge in [-0.1, -0.05) is 13.3 Å². The van der Waals surface area contributed by atoms with Gasteiger partial charge in [0.05, 0.1) is 12.8 Å². The molecule has 2 aromatic heterocycles. The molecule has 0 aromatic carbocycles. The van der Waals surface area contributed by atoms with Crippen LogP contribution in [-0.2, 0) is 6.42 Å². The molecule has 0 N–H and O–H groups in total. The first kappa shape index (κ1) is 8.99. The van der Waals surface area contributed by atoms with Crippen molar-refractivity contribution in [3.63, 3.8) is 0 Å². The number of fused-ring (bicyclic) bond motifs is 1. The first-order chi connectivity index (χ1) is 6.85. The normalized spacial score (nSPS) is 10.7. The summed E-state index contributed by atoms with van der Waals surface area (Å²) >= 11 is 0. The Kier molecular flexibility index (Phi) is 2.35. The SMILES string of the molecule is CCCc1cn2ccnc(OC)c2n1. The third kappa shape index (κ3) is 1.43. The maximum atomic E-state index is 5.12. The molecule has 2 rings (SSSR count). The highest BCUT2D eigenvalue weighted by molar-refractivity contribution is 5.49. The number of hydrogen-bond acceptors (Lipinski definition) is 3. The zero-order valence-electron chi connectivity index (χ0n) is 8.40. The van der Waals surface area contributed by atoms with Gasteiger partial charge in [0.2, 0.25) is 5.65 Å². The van der Waals surface area contributed by atoms with Crippen molar-refractivity contribution >= 4 is 5.65 Å². The molecule has 2 aromatic rings. The summed E-state index contributed by atoms with van der Waals surface area (Å²) in [5.74, 6) is 0.579. The second-order valence-electron chi connectivity index (χ2n) is 3.15. The van der Waals surface area contributed by atoms with Gasteiger partial charge in [-0.3, -0.25) is 0 Å². The summed E-state index contributed by atoms with van der Waals surface area (Å²) in [6.45, 7) is 2.14. The zero-order chi connectivity index (χ0) is 9.97. The molecule has 0 aliphatic rings. The van der Waals surface area contributed by atoms with Gasteiger partial charge in [0.25, 0.3) is 5.88 Å². The first-order valence-electron chi connectivity index (χ1n) is 4.71. The number of imidazole rings is 1. The summed E-state index contributed by atoms with van der Waals surface area (Å²) in [5.41, 5.74) is 1.87. The number of hydrogen-bond donors (Lipinski definition) is 0. The van der Waals surface area contributed by atoms with Crippen LogP contribution in [0.25, 0.3) is 5.65 Å². The predicted molar refractivity (Wildman–Crippen MR) is 53.5 cm³/mol. The second kappa shape index (κ2) is 3.65. The van der Waals surface area contributed by atoms with Crippen LogP contribution >= 0.6 is 0 Å². The van der Waals surface area contributed by atoms with Crippen LogP contribution < -0.4 is 4.74 Å². The van der Waals surface area contributed by atoms with Crippen molar-refractivity contribution in [2.75, 3.05) is 7.11 Å². The third-order valence-corrected chi connectivity index (χ3v) is 2.09. The lowest BCUT2D eigenvalue weighted by atomic mass is 10.3. The van der Waals surface area contributed by atoms with E-state index in [1.165, 1.54) is 0 Å². The van der Waals surface area contributed by atoms with Crippen LogP contribution in [0.4, 0.5) is 0 Å². The Labute approximate surface area is 82.6 Å². The average molecular weight is 191 g/mol. The maximum absolute atomic E-state index is 5.12. The molecule has 0 radical (unpaired) electrons. The van der Waals surface area contributed by atoms with E-state index in [-0.39, 0.29) is 0 Å². The van der Waals surface area contributed by atoms with Gasteiger partial charge in [-0.05, 0) is 6.42 Å². The van der Waals surface area contributed by atoms with Crippen LogP contribution in [0.3, 0.4) is 0 Å². The Balaban J connectivity index is 2.52. The monoisotopic (exact) mass is 191 g/mol. The lowest BCUT2D eigenvalue weighted by molar-refractivity contribution is 0.400. The van der Waals surface area contributed by atoms with Crippen molar-refractivity contribution in [2.24, 2.45) is 0 Å². The number of ether oxygens (including phenoxy) is 1. The van der Waals surface area contributed by atoms with E-state index in [2.05, 4.69) is 16.9 Å². The summed E-state index contributed by atoms with van der Waals surface area (Å²) in [5, 5.41) is 0. The smallest absolute Gasteiger partial charge is 0.258 e. The quantitative estimate of drug-likeness (QED) is 0.741. The summed E-state index contributed by atoms with van der Waals surface area (Å²) in [4.78, 5) is 8.54. The molecule has 0 atom stereocenters. The van der Waals surface area contributed by atoms with Crippen LogP contribution in [-0.4, -0.2) is 21.5 Å². The number of nitrogens with zero attached hydrogens (tertiary/aromatic N) is 3. The van der Waals surface area contributed by atoms with Crippen molar-refractivity contribution in [1.29, 1.82) is 0 Å². The molecule has 14 heavy (non-hydrogen) atoms. The summed E-state index contributed by atoms with van der Waals surface area (Å²) in [6.07, 6.45) is 7.70. The van der Waals surface area contributed by atoms with Gasteiger partial charge in [-0.15, -0.1) is 0 Å². The Morgan fingerprint density at radius 2 is 2.36 bits per heavy atom. The lowest BCUT2D eigenvalue weighted by Gasteiger charge is -1.98. The van der Waals surface area contributed by atoms with Crippen molar-refractivity contribution in [3.05, 3.63) is 24.3 Å². The van der Waals surface area contributed by atoms with Crippen molar-refractivity contribution < 1.29 is 4.74 Å². The van der Waals surface area contributed by atoms with E-state index >= 15 is 0 Å². The summed E-state index contributed by atoms with van der Waals surface area (Å²) in [7, 11) is 1.61. The molecule has 4 nitrogen and oxygen atoms in total. The molecule has 0 saturated heterocycles. The van der Waals surface area contributed by atoms with Crippen LogP contribution in [0.1, 0.15) is 19.0 Å². The molecule has 0 spiro atoms. The van der Waals surface area contributed by atoms with Gasteiger partial charge in [-0.2, -0.15) is 0 Å². The average Bonchev–Trinajstić information content (AvgIpc) is 2.60. The minimum atomic E-state index is 0.579. The van der Waals surface area contributed by atoms with Crippen LogP contribution in [0, 0.1) is 0 Å². The zero-order valence-corrected chi connectivity index (χ0v) is 8.40. The first-order valence-corrected chi connectivity index (χ1v) is 4.71. The largest absolute Gasteiger partial charge is 0.478 e. The van der Waals surface area contributed by atoms with E-state index in [9.17, 15) is 0 Å². The van der Waals surface area contributed by atoms with Crippen molar-refractivity contribution in [3.8, 4) is 5.88 Å². The molecule has 0 aliphatic carbocycles. The van der Waals surface area contributed by atoms with Crippen LogP contribution in [0.5, 0.6) is 5.88 Å². The predicted octanol–water partition coefficient (Wildman–Crippen LogP) is 1.69. The molecule has 0 fully saturated rings. The fraction of sp³-hybridized carbons (Fsp3) is 0.400. The highest BCUT2D eigenvalue weighted by Gasteiger charge is 2.06. The van der Waals surface area contributed by atoms with E-state index in [0.717, 1.165) is 24.2 Å². The van der Waals surface area contributed by atoms with Crippen LogP contribution in [0.15, 0.2) is 18.6 Å². The van der Waals surface area contributed by atoms with Gasteiger partial charge in [0.1, 0.15) is 0 Å². The van der Waals surface area contributed by atoms with Gasteiger partial charge in [0, 0.05) is 18.6 Å². The maximum Gasteiger partial charge on any atom is 0.258 e. The van der Waals surface area contributed by atoms with Crippen molar-refractivity contribution in [1.82, 2.24) is 14.4 Å². The molecule has 0 bridgehead atoms. The Morgan fingerprint density at radius 3 is 3.07 bits per heavy atom. The number of methoxy groups -OCH3 is 1. The van der Waals surface area contributed by atoms with Gasteiger partial charge in [-0.25, -0.2) is 9.97 Å². The minimum absolute atomic E-state index is 0.579. The van der Waals surface area contributed by atoms with E-state index in [4.69, 9.17) is 4.74 Å². The Bertz CT molecular complexity index is 436. The molecule has 4 heteroatoms. The number of aryl methyl sites for hydroxylation is 1. The summed E-state index contributed by atoms with van der Waals surface area (Å²) in [6, 6.07) is 0. The van der Waals surface area contributed by atoms with Gasteiger partial charge >= 0.3 is 0 Å². The Morgan fingerprint density at radius 1 is 1.50 bits per heavy atom. The molecule has 0 amide bonds. The van der Waals surface area contributed by atoms with E-state index < -0.39 is 0 Å². The fourth-order valence-corrected chi connectivity index (χ4v) is 1.47. The lowest BCUT2D eigenvalue weighted by Crippen LogP contribution is -1.92. The van der Waals surface area contributed by atoms with E-state index in [1.54, 1.807) is 13.3 Å². The van der Waals surface area contributed by atoms with E-state index in [1.807, 2.05) is 16.8 Å². The van der Waals surface area contributed by atoms with E-state index in [0.29, 0.717) is 5.88 Å². The minimum Gasteiger partial charge on any atom is -0.478 e. The topological polar surface area (TPSA) is 39.4 Å². The van der Waals surface area contributed by atoms with Gasteiger partial charge < -0.3 is 9.14 Å². The highest BCUT2D eigenvalue weighted by atomic mass is 16.5. The van der Waals surface area contributed by atoms with Crippen LogP contribution in [0.2, 0.25) is 0 Å². The Hall–Kier alpha value is -1.58. The molecule has 2 heterocycles. The van der Waals surface area contributed by atoms with Gasteiger partial charge in [0.15, 0.2) is 0 Å². The molecular weight excluding hydrogens is 178 g/mol. The fourth-order valence-electron chi connectivity index (χ4n) is 1.47. The molecule has 74 valence electrons.